The van der Waals surface area contributed by atoms with Gasteiger partial charge in [0.2, 0.25) is 0 Å². The molecule has 24 heavy (non-hydrogen) atoms. The van der Waals surface area contributed by atoms with Crippen LogP contribution in [0.25, 0.3) is 0 Å². The summed E-state index contributed by atoms with van der Waals surface area (Å²) in [4.78, 5) is 14.5. The van der Waals surface area contributed by atoms with Crippen LogP contribution in [-0.2, 0) is 25.5 Å². The molecule has 0 bridgehead atoms. The molecule has 1 aromatic rings. The quantitative estimate of drug-likeness (QED) is 0.717. The number of carbonyl (C=O) groups excluding carboxylic acids is 1. The van der Waals surface area contributed by atoms with Crippen LogP contribution in [0.1, 0.15) is 31.7 Å². The van der Waals surface area contributed by atoms with Gasteiger partial charge in [0.15, 0.2) is 6.10 Å². The maximum atomic E-state index is 12.2. The molecule has 2 unspecified atom stereocenters. The van der Waals surface area contributed by atoms with Gasteiger partial charge in [-0.1, -0.05) is 30.3 Å². The van der Waals surface area contributed by atoms with Crippen molar-refractivity contribution in [2.45, 2.75) is 51.0 Å². The summed E-state index contributed by atoms with van der Waals surface area (Å²) in [5.74, 6) is -0.264. The molecule has 5 heteroatoms. The summed E-state index contributed by atoms with van der Waals surface area (Å²) in [5.41, 5.74) is 1.29. The van der Waals surface area contributed by atoms with Gasteiger partial charge in [0.05, 0.1) is 12.7 Å². The number of hydrogen-bond acceptors (Lipinski definition) is 5. The van der Waals surface area contributed by atoms with Crippen LogP contribution in [0.2, 0.25) is 0 Å². The Morgan fingerprint density at radius 2 is 2.17 bits per heavy atom. The zero-order valence-electron chi connectivity index (χ0n) is 14.4. The fraction of sp³-hybridized carbons (Fsp3) is 0.632. The minimum Gasteiger partial charge on any atom is -0.459 e. The molecule has 0 amide bonds. The molecule has 3 rings (SSSR count). The fourth-order valence-corrected chi connectivity index (χ4v) is 3.23. The summed E-state index contributed by atoms with van der Waals surface area (Å²) >= 11 is 0. The second kappa shape index (κ2) is 8.60. The Morgan fingerprint density at radius 3 is 2.92 bits per heavy atom. The van der Waals surface area contributed by atoms with Gasteiger partial charge < -0.3 is 14.2 Å². The number of esters is 1. The Balaban J connectivity index is 1.37. The molecule has 5 nitrogen and oxygen atoms in total. The lowest BCUT2D eigenvalue weighted by molar-refractivity contribution is -0.162. The molecule has 0 N–H and O–H groups in total. The minimum absolute atomic E-state index is 0.0324. The highest BCUT2D eigenvalue weighted by Gasteiger charge is 2.28. The summed E-state index contributed by atoms with van der Waals surface area (Å²) in [6.07, 6.45) is 2.54. The molecular formula is C19H27NO4. The van der Waals surface area contributed by atoms with E-state index in [4.69, 9.17) is 14.2 Å². The summed E-state index contributed by atoms with van der Waals surface area (Å²) in [5, 5.41) is 0. The summed E-state index contributed by atoms with van der Waals surface area (Å²) in [6, 6.07) is 10.4. The third kappa shape index (κ3) is 5.03. The van der Waals surface area contributed by atoms with Crippen LogP contribution in [0.15, 0.2) is 30.3 Å². The molecule has 2 heterocycles. The average molecular weight is 333 g/mol. The van der Waals surface area contributed by atoms with Crippen molar-refractivity contribution < 1.29 is 19.0 Å². The van der Waals surface area contributed by atoms with Crippen molar-refractivity contribution in [2.24, 2.45) is 0 Å². The predicted octanol–water partition coefficient (Wildman–Crippen LogP) is 2.39. The first-order valence-corrected chi connectivity index (χ1v) is 8.90. The number of benzene rings is 1. The van der Waals surface area contributed by atoms with Gasteiger partial charge in [-0.2, -0.15) is 0 Å². The van der Waals surface area contributed by atoms with Gasteiger partial charge in [0.25, 0.3) is 0 Å². The minimum atomic E-state index is -0.530. The lowest BCUT2D eigenvalue weighted by Gasteiger charge is -2.19. The van der Waals surface area contributed by atoms with Crippen molar-refractivity contribution in [1.82, 2.24) is 4.90 Å². The molecule has 132 valence electrons. The van der Waals surface area contributed by atoms with Crippen LogP contribution in [0.5, 0.6) is 0 Å². The van der Waals surface area contributed by atoms with Crippen LogP contribution in [0.3, 0.4) is 0 Å². The standard InChI is InChI=1S/C19H27NO4/c1-15(23-14-18-8-5-11-22-18)19(21)24-17-9-10-20(13-17)12-16-6-3-2-4-7-16/h2-4,6-7,15,17-18H,5,8-14H2,1H3/t15?,17-,18?/m1/s1. The van der Waals surface area contributed by atoms with Gasteiger partial charge in [0, 0.05) is 26.2 Å². The van der Waals surface area contributed by atoms with Crippen molar-refractivity contribution in [1.29, 1.82) is 0 Å². The Labute approximate surface area is 143 Å². The fourth-order valence-electron chi connectivity index (χ4n) is 3.23. The number of carbonyl (C=O) groups is 1. The number of likely N-dealkylation sites (tertiary alicyclic amines) is 1. The molecule has 0 radical (unpaired) electrons. The van der Waals surface area contributed by atoms with Gasteiger partial charge in [-0.15, -0.1) is 0 Å². The topological polar surface area (TPSA) is 48.0 Å². The average Bonchev–Trinajstić information content (AvgIpc) is 3.25. The number of rotatable bonds is 7. The van der Waals surface area contributed by atoms with Crippen LogP contribution in [-0.4, -0.2) is 55.5 Å². The number of ether oxygens (including phenoxy) is 3. The summed E-state index contributed by atoms with van der Waals surface area (Å²) < 4.78 is 16.7. The van der Waals surface area contributed by atoms with E-state index in [1.54, 1.807) is 6.92 Å². The van der Waals surface area contributed by atoms with E-state index in [2.05, 4.69) is 29.2 Å². The van der Waals surface area contributed by atoms with E-state index in [9.17, 15) is 4.79 Å². The molecule has 2 aliphatic rings. The highest BCUT2D eigenvalue weighted by atomic mass is 16.6. The third-order valence-electron chi connectivity index (χ3n) is 4.65. The van der Waals surface area contributed by atoms with Crippen LogP contribution in [0.4, 0.5) is 0 Å². The Hall–Kier alpha value is -1.43. The Bertz CT molecular complexity index is 515. The lowest BCUT2D eigenvalue weighted by atomic mass is 10.2. The van der Waals surface area contributed by atoms with E-state index in [-0.39, 0.29) is 18.2 Å². The van der Waals surface area contributed by atoms with Crippen molar-refractivity contribution in [3.8, 4) is 0 Å². The largest absolute Gasteiger partial charge is 0.459 e. The summed E-state index contributed by atoms with van der Waals surface area (Å²) in [7, 11) is 0. The second-order valence-corrected chi connectivity index (χ2v) is 6.68. The van der Waals surface area contributed by atoms with E-state index in [0.717, 1.165) is 45.5 Å². The molecular weight excluding hydrogens is 306 g/mol. The molecule has 3 atom stereocenters. The van der Waals surface area contributed by atoms with E-state index in [0.29, 0.717) is 6.61 Å². The third-order valence-corrected chi connectivity index (χ3v) is 4.65. The van der Waals surface area contributed by atoms with Crippen LogP contribution < -0.4 is 0 Å². The molecule has 2 fully saturated rings. The highest BCUT2D eigenvalue weighted by molar-refractivity contribution is 5.74. The van der Waals surface area contributed by atoms with Crippen molar-refractivity contribution >= 4 is 5.97 Å². The molecule has 2 aliphatic heterocycles. The normalized spacial score (nSPS) is 25.7. The SMILES string of the molecule is CC(OCC1CCCO1)C(=O)O[C@@H]1CCN(Cc2ccccc2)C1. The van der Waals surface area contributed by atoms with Gasteiger partial charge >= 0.3 is 5.97 Å². The maximum absolute atomic E-state index is 12.2. The Kier molecular flexibility index (Phi) is 6.24. The highest BCUT2D eigenvalue weighted by Crippen LogP contribution is 2.17. The molecule has 2 saturated heterocycles. The smallest absolute Gasteiger partial charge is 0.335 e. The van der Waals surface area contributed by atoms with Gasteiger partial charge in [0.1, 0.15) is 6.10 Å². The number of nitrogens with zero attached hydrogens (tertiary/aromatic N) is 1. The van der Waals surface area contributed by atoms with Crippen molar-refractivity contribution in [3.05, 3.63) is 35.9 Å². The molecule has 0 aromatic heterocycles. The first kappa shape index (κ1) is 17.4. The first-order valence-electron chi connectivity index (χ1n) is 8.90. The monoisotopic (exact) mass is 333 g/mol. The zero-order valence-corrected chi connectivity index (χ0v) is 14.4. The number of hydrogen-bond donors (Lipinski definition) is 0. The van der Waals surface area contributed by atoms with E-state index in [1.165, 1.54) is 5.56 Å². The molecule has 1 aromatic carbocycles. The Morgan fingerprint density at radius 1 is 1.33 bits per heavy atom. The van der Waals surface area contributed by atoms with Crippen LogP contribution in [0, 0.1) is 0 Å². The predicted molar refractivity (Wildman–Crippen MR) is 90.6 cm³/mol. The van der Waals surface area contributed by atoms with Crippen molar-refractivity contribution in [3.63, 3.8) is 0 Å². The van der Waals surface area contributed by atoms with E-state index < -0.39 is 6.10 Å². The first-order chi connectivity index (χ1) is 11.7. The lowest BCUT2D eigenvalue weighted by Crippen LogP contribution is -2.32. The van der Waals surface area contributed by atoms with Gasteiger partial charge in [-0.25, -0.2) is 4.79 Å². The van der Waals surface area contributed by atoms with E-state index >= 15 is 0 Å². The van der Waals surface area contributed by atoms with E-state index in [1.807, 2.05) is 6.07 Å². The maximum Gasteiger partial charge on any atom is 0.335 e. The summed E-state index contributed by atoms with van der Waals surface area (Å²) in [6.45, 7) is 5.68. The van der Waals surface area contributed by atoms with Gasteiger partial charge in [-0.3, -0.25) is 4.90 Å². The zero-order chi connectivity index (χ0) is 16.8. The van der Waals surface area contributed by atoms with Crippen LogP contribution >= 0.6 is 0 Å². The second-order valence-electron chi connectivity index (χ2n) is 6.68. The van der Waals surface area contributed by atoms with Crippen molar-refractivity contribution in [2.75, 3.05) is 26.3 Å². The van der Waals surface area contributed by atoms with Gasteiger partial charge in [-0.05, 0) is 31.7 Å². The molecule has 0 spiro atoms. The molecule has 0 saturated carbocycles. The molecule has 0 aliphatic carbocycles.